The first-order valence-corrected chi connectivity index (χ1v) is 7.07. The summed E-state index contributed by atoms with van der Waals surface area (Å²) >= 11 is 0. The highest BCUT2D eigenvalue weighted by Gasteiger charge is 2.24. The molecule has 0 aliphatic heterocycles. The minimum absolute atomic E-state index is 0.132. The highest BCUT2D eigenvalue weighted by atomic mass is 19.1. The number of esters is 1. The second kappa shape index (κ2) is 8.19. The molecule has 0 aliphatic rings. The molecule has 0 saturated heterocycles. The number of hydrogen-bond acceptors (Lipinski definition) is 5. The summed E-state index contributed by atoms with van der Waals surface area (Å²) in [6, 6.07) is 2.99. The smallest absolute Gasteiger partial charge is 0.344 e. The molecule has 8 heteroatoms. The predicted molar refractivity (Wildman–Crippen MR) is 85.2 cm³/mol. The fourth-order valence-electron chi connectivity index (χ4n) is 1.81. The van der Waals surface area contributed by atoms with Crippen LogP contribution in [0.5, 0.6) is 0 Å². The molecule has 1 rings (SSSR count). The lowest BCUT2D eigenvalue weighted by Crippen LogP contribution is -2.29. The summed E-state index contributed by atoms with van der Waals surface area (Å²) in [5.74, 6) is -4.47. The highest BCUT2D eigenvalue weighted by Crippen LogP contribution is 2.15. The Kier molecular flexibility index (Phi) is 6.58. The van der Waals surface area contributed by atoms with E-state index in [1.54, 1.807) is 13.8 Å². The van der Waals surface area contributed by atoms with Crippen molar-refractivity contribution in [3.05, 3.63) is 46.7 Å². The van der Waals surface area contributed by atoms with E-state index in [1.807, 2.05) is 0 Å². The Morgan fingerprint density at radius 2 is 1.75 bits per heavy atom. The van der Waals surface area contributed by atoms with Gasteiger partial charge in [0.15, 0.2) is 6.61 Å². The third-order valence-corrected chi connectivity index (χ3v) is 3.19. The van der Waals surface area contributed by atoms with Crippen LogP contribution >= 0.6 is 0 Å². The van der Waals surface area contributed by atoms with Gasteiger partial charge in [-0.1, -0.05) is 19.9 Å². The second-order valence-corrected chi connectivity index (χ2v) is 5.19. The minimum Gasteiger partial charge on any atom is -0.454 e. The second-order valence-electron chi connectivity index (χ2n) is 5.19. The normalized spacial score (nSPS) is 12.8. The maximum absolute atomic E-state index is 13.5. The third-order valence-electron chi connectivity index (χ3n) is 3.19. The van der Waals surface area contributed by atoms with Gasteiger partial charge in [0, 0.05) is 12.7 Å². The number of allylic oxidation sites excluding steroid dienone is 1. The average Bonchev–Trinajstić information content (AvgIpc) is 2.52. The fraction of sp³-hybridized carbons (Fsp3) is 0.312. The van der Waals surface area contributed by atoms with Crippen molar-refractivity contribution < 1.29 is 23.1 Å². The third kappa shape index (κ3) is 4.37. The molecule has 0 atom stereocenters. The van der Waals surface area contributed by atoms with Crippen molar-refractivity contribution in [1.82, 2.24) is 0 Å². The molecule has 0 radical (unpaired) electrons. The molecule has 0 heterocycles. The molecule has 0 amide bonds. The summed E-state index contributed by atoms with van der Waals surface area (Å²) in [6.07, 6.45) is 0. The van der Waals surface area contributed by atoms with Gasteiger partial charge in [0.1, 0.15) is 23.0 Å². The van der Waals surface area contributed by atoms with E-state index in [-0.39, 0.29) is 23.0 Å². The molecular formula is C16H19F2N3O3. The van der Waals surface area contributed by atoms with Crippen LogP contribution in [0.3, 0.4) is 0 Å². The maximum atomic E-state index is 13.5. The van der Waals surface area contributed by atoms with Crippen molar-refractivity contribution in [2.75, 3.05) is 13.7 Å². The van der Waals surface area contributed by atoms with Crippen molar-refractivity contribution in [3.8, 4) is 0 Å². The molecule has 6 nitrogen and oxygen atoms in total. The monoisotopic (exact) mass is 339 g/mol. The van der Waals surface area contributed by atoms with Gasteiger partial charge < -0.3 is 16.2 Å². The lowest BCUT2D eigenvalue weighted by molar-refractivity contribution is -0.137. The van der Waals surface area contributed by atoms with Crippen molar-refractivity contribution in [1.29, 1.82) is 0 Å². The molecule has 0 unspecified atom stereocenters. The predicted octanol–water partition coefficient (Wildman–Crippen LogP) is 1.55. The number of hydrogen-bond donors (Lipinski definition) is 2. The van der Waals surface area contributed by atoms with Crippen molar-refractivity contribution in [2.24, 2.45) is 22.4 Å². The van der Waals surface area contributed by atoms with Crippen LogP contribution in [0.1, 0.15) is 24.2 Å². The summed E-state index contributed by atoms with van der Waals surface area (Å²) in [4.78, 5) is 27.7. The number of nitrogens with zero attached hydrogens (tertiary/aromatic N) is 1. The summed E-state index contributed by atoms with van der Waals surface area (Å²) in [6.45, 7) is 2.60. The van der Waals surface area contributed by atoms with Crippen LogP contribution in [0.4, 0.5) is 8.78 Å². The lowest BCUT2D eigenvalue weighted by atomic mass is 10.0. The number of carbonyl (C=O) groups is 2. The summed E-state index contributed by atoms with van der Waals surface area (Å²) < 4.78 is 31.9. The molecule has 0 aliphatic carbocycles. The first-order valence-electron chi connectivity index (χ1n) is 7.07. The van der Waals surface area contributed by atoms with E-state index in [1.165, 1.54) is 7.05 Å². The number of nitrogens with two attached hydrogens (primary N) is 2. The van der Waals surface area contributed by atoms with Crippen LogP contribution < -0.4 is 11.5 Å². The number of amidine groups is 1. The average molecular weight is 339 g/mol. The summed E-state index contributed by atoms with van der Waals surface area (Å²) in [7, 11) is 1.36. The van der Waals surface area contributed by atoms with Crippen LogP contribution in [-0.2, 0) is 9.53 Å². The number of ether oxygens (including phenoxy) is 1. The summed E-state index contributed by atoms with van der Waals surface area (Å²) in [5.41, 5.74) is 10.6. The van der Waals surface area contributed by atoms with Crippen LogP contribution in [0.15, 0.2) is 34.5 Å². The van der Waals surface area contributed by atoms with Gasteiger partial charge in [-0.25, -0.2) is 13.6 Å². The van der Waals surface area contributed by atoms with Crippen molar-refractivity contribution in [2.45, 2.75) is 13.8 Å². The number of benzene rings is 1. The number of halogens is 2. The van der Waals surface area contributed by atoms with Gasteiger partial charge >= 0.3 is 5.97 Å². The van der Waals surface area contributed by atoms with Gasteiger partial charge in [-0.15, -0.1) is 0 Å². The van der Waals surface area contributed by atoms with E-state index in [9.17, 15) is 18.4 Å². The Morgan fingerprint density at radius 3 is 2.21 bits per heavy atom. The van der Waals surface area contributed by atoms with Gasteiger partial charge in [0.25, 0.3) is 0 Å². The van der Waals surface area contributed by atoms with E-state index in [0.29, 0.717) is 0 Å². The molecule has 1 aromatic rings. The zero-order valence-corrected chi connectivity index (χ0v) is 13.6. The van der Waals surface area contributed by atoms with Crippen LogP contribution in [0, 0.1) is 17.6 Å². The quantitative estimate of drug-likeness (QED) is 0.269. The molecule has 0 fully saturated rings. The van der Waals surface area contributed by atoms with E-state index < -0.39 is 35.6 Å². The Bertz CT molecular complexity index is 692. The van der Waals surface area contributed by atoms with E-state index >= 15 is 0 Å². The largest absolute Gasteiger partial charge is 0.454 e. The zero-order valence-electron chi connectivity index (χ0n) is 13.6. The molecule has 24 heavy (non-hydrogen) atoms. The lowest BCUT2D eigenvalue weighted by Gasteiger charge is -2.13. The fourth-order valence-corrected chi connectivity index (χ4v) is 1.81. The zero-order chi connectivity index (χ0) is 18.4. The number of Topliss-reactive ketones (excluding diaryl/α,β-unsaturated/α-hetero) is 1. The van der Waals surface area contributed by atoms with Gasteiger partial charge in [-0.3, -0.25) is 9.79 Å². The number of aliphatic imine (C=N–C) groups is 1. The molecule has 1 aromatic carbocycles. The van der Waals surface area contributed by atoms with Gasteiger partial charge in [0.2, 0.25) is 5.78 Å². The molecule has 0 saturated carbocycles. The standard InChI is InChI=1S/C16H19F2N3O3/c1-8(2)14(19)13(15(20)21-3)16(23)24-7-11(22)12-9(17)5-4-6-10(12)18/h4-6,8H,7,19H2,1-3H3,(H2,20,21)/b14-13+. The van der Waals surface area contributed by atoms with Crippen molar-refractivity contribution >= 4 is 17.6 Å². The summed E-state index contributed by atoms with van der Waals surface area (Å²) in [5, 5.41) is 0. The SMILES string of the molecule is CN=C(N)/C(C(=O)OCC(=O)c1c(F)cccc1F)=C(\N)C(C)C. The first kappa shape index (κ1) is 19.3. The molecule has 130 valence electrons. The first-order chi connectivity index (χ1) is 11.2. The van der Waals surface area contributed by atoms with E-state index in [2.05, 4.69) is 4.99 Å². The van der Waals surface area contributed by atoms with Crippen LogP contribution in [-0.4, -0.2) is 31.2 Å². The Morgan fingerprint density at radius 1 is 1.21 bits per heavy atom. The van der Waals surface area contributed by atoms with E-state index in [4.69, 9.17) is 16.2 Å². The van der Waals surface area contributed by atoms with Gasteiger partial charge in [0.05, 0.1) is 5.56 Å². The Balaban J connectivity index is 2.98. The van der Waals surface area contributed by atoms with Gasteiger partial charge in [-0.05, 0) is 18.1 Å². The van der Waals surface area contributed by atoms with Crippen molar-refractivity contribution in [3.63, 3.8) is 0 Å². The van der Waals surface area contributed by atoms with Crippen LogP contribution in [0.2, 0.25) is 0 Å². The van der Waals surface area contributed by atoms with Gasteiger partial charge in [-0.2, -0.15) is 0 Å². The number of ketones is 1. The van der Waals surface area contributed by atoms with E-state index in [0.717, 1.165) is 18.2 Å². The molecule has 0 aromatic heterocycles. The Hall–Kier alpha value is -2.77. The maximum Gasteiger partial charge on any atom is 0.344 e. The molecule has 0 bridgehead atoms. The number of carbonyl (C=O) groups excluding carboxylic acids is 2. The minimum atomic E-state index is -1.04. The Labute approximate surface area is 138 Å². The van der Waals surface area contributed by atoms with Crippen LogP contribution in [0.25, 0.3) is 0 Å². The molecule has 4 N–H and O–H groups in total. The number of rotatable bonds is 6. The topological polar surface area (TPSA) is 108 Å². The molecular weight excluding hydrogens is 320 g/mol. The molecule has 0 spiro atoms. The highest BCUT2D eigenvalue weighted by molar-refractivity contribution is 6.19.